The van der Waals surface area contributed by atoms with Crippen molar-refractivity contribution in [1.82, 2.24) is 9.97 Å². The first kappa shape index (κ1) is 12.5. The molecule has 0 aromatic carbocycles. The number of aryl methyl sites for hydroxylation is 2. The molecule has 0 spiro atoms. The third-order valence-electron chi connectivity index (χ3n) is 2.49. The van der Waals surface area contributed by atoms with Crippen molar-refractivity contribution in [3.8, 4) is 0 Å². The normalized spacial score (nSPS) is 12.9. The largest absolute Gasteiger partial charge is 0.330 e. The van der Waals surface area contributed by atoms with Crippen molar-refractivity contribution >= 4 is 11.8 Å². The molecule has 0 aliphatic rings. The van der Waals surface area contributed by atoms with Gasteiger partial charge in [0.2, 0.25) is 0 Å². The van der Waals surface area contributed by atoms with Crippen LogP contribution in [0.25, 0.3) is 0 Å². The minimum absolute atomic E-state index is 0.341. The standard InChI is InChI=1S/C11H19N3S/c1-7(5-12)11-8(2)13-10(6-15-4)14-9(11)3/h7H,5-6,12H2,1-4H3. The number of hydrogen-bond acceptors (Lipinski definition) is 4. The Bertz CT molecular complexity index is 316. The van der Waals surface area contributed by atoms with E-state index in [0.29, 0.717) is 12.5 Å². The number of aromatic nitrogens is 2. The first-order valence-corrected chi connectivity index (χ1v) is 6.52. The molecular weight excluding hydrogens is 206 g/mol. The van der Waals surface area contributed by atoms with Gasteiger partial charge in [0.1, 0.15) is 5.82 Å². The van der Waals surface area contributed by atoms with Gasteiger partial charge in [0.15, 0.2) is 0 Å². The van der Waals surface area contributed by atoms with Crippen molar-refractivity contribution in [1.29, 1.82) is 0 Å². The second-order valence-electron chi connectivity index (χ2n) is 3.79. The Morgan fingerprint density at radius 2 is 1.80 bits per heavy atom. The summed E-state index contributed by atoms with van der Waals surface area (Å²) in [5.41, 5.74) is 9.04. The minimum Gasteiger partial charge on any atom is -0.330 e. The van der Waals surface area contributed by atoms with Crippen LogP contribution in [0.3, 0.4) is 0 Å². The first-order valence-electron chi connectivity index (χ1n) is 5.13. The molecule has 0 radical (unpaired) electrons. The molecule has 0 saturated carbocycles. The second kappa shape index (κ2) is 5.47. The molecule has 1 aromatic heterocycles. The van der Waals surface area contributed by atoms with Crippen LogP contribution in [0.1, 0.15) is 35.6 Å². The summed E-state index contributed by atoms with van der Waals surface area (Å²) in [4.78, 5) is 9.01. The van der Waals surface area contributed by atoms with E-state index in [0.717, 1.165) is 23.0 Å². The predicted octanol–water partition coefficient (Wildman–Crippen LogP) is 2.02. The number of hydrogen-bond donors (Lipinski definition) is 1. The maximum Gasteiger partial charge on any atom is 0.138 e. The van der Waals surface area contributed by atoms with Crippen molar-refractivity contribution < 1.29 is 0 Å². The molecule has 4 heteroatoms. The maximum absolute atomic E-state index is 5.68. The van der Waals surface area contributed by atoms with E-state index in [-0.39, 0.29) is 0 Å². The van der Waals surface area contributed by atoms with E-state index < -0.39 is 0 Å². The number of rotatable bonds is 4. The van der Waals surface area contributed by atoms with Gasteiger partial charge in [-0.25, -0.2) is 9.97 Å². The lowest BCUT2D eigenvalue weighted by Gasteiger charge is -2.15. The van der Waals surface area contributed by atoms with E-state index >= 15 is 0 Å². The molecule has 1 aromatic rings. The third kappa shape index (κ3) is 2.92. The minimum atomic E-state index is 0.341. The van der Waals surface area contributed by atoms with Crippen LogP contribution in [-0.2, 0) is 5.75 Å². The van der Waals surface area contributed by atoms with Crippen LogP contribution in [0.5, 0.6) is 0 Å². The van der Waals surface area contributed by atoms with Gasteiger partial charge in [0.25, 0.3) is 0 Å². The molecule has 0 fully saturated rings. The van der Waals surface area contributed by atoms with Crippen LogP contribution >= 0.6 is 11.8 Å². The Hall–Kier alpha value is -0.610. The summed E-state index contributed by atoms with van der Waals surface area (Å²) in [6.07, 6.45) is 2.06. The van der Waals surface area contributed by atoms with Crippen LogP contribution in [-0.4, -0.2) is 22.8 Å². The second-order valence-corrected chi connectivity index (χ2v) is 4.66. The molecule has 1 rings (SSSR count). The molecule has 3 nitrogen and oxygen atoms in total. The molecular formula is C11H19N3S. The van der Waals surface area contributed by atoms with Gasteiger partial charge in [-0.05, 0) is 38.1 Å². The summed E-state index contributed by atoms with van der Waals surface area (Å²) in [6.45, 7) is 6.85. The first-order chi connectivity index (χ1) is 7.10. The summed E-state index contributed by atoms with van der Waals surface area (Å²) in [6, 6.07) is 0. The molecule has 1 atom stereocenters. The summed E-state index contributed by atoms with van der Waals surface area (Å²) >= 11 is 1.74. The van der Waals surface area contributed by atoms with Crippen molar-refractivity contribution in [3.05, 3.63) is 22.8 Å². The zero-order valence-corrected chi connectivity index (χ0v) is 10.7. The van der Waals surface area contributed by atoms with E-state index in [2.05, 4.69) is 23.1 Å². The zero-order valence-electron chi connectivity index (χ0n) is 9.87. The smallest absolute Gasteiger partial charge is 0.138 e. The molecule has 0 saturated heterocycles. The van der Waals surface area contributed by atoms with Crippen molar-refractivity contribution in [2.75, 3.05) is 12.8 Å². The number of nitrogens with zero attached hydrogens (tertiary/aromatic N) is 2. The third-order valence-corrected chi connectivity index (χ3v) is 3.04. The number of thioether (sulfide) groups is 1. The zero-order chi connectivity index (χ0) is 11.4. The van der Waals surface area contributed by atoms with E-state index in [1.807, 2.05) is 13.8 Å². The van der Waals surface area contributed by atoms with E-state index in [9.17, 15) is 0 Å². The van der Waals surface area contributed by atoms with Gasteiger partial charge >= 0.3 is 0 Å². The Balaban J connectivity index is 3.09. The molecule has 15 heavy (non-hydrogen) atoms. The molecule has 0 bridgehead atoms. The Morgan fingerprint density at radius 3 is 2.20 bits per heavy atom. The highest BCUT2D eigenvalue weighted by molar-refractivity contribution is 7.97. The monoisotopic (exact) mass is 225 g/mol. The summed E-state index contributed by atoms with van der Waals surface area (Å²) in [7, 11) is 0. The van der Waals surface area contributed by atoms with Crippen LogP contribution in [0.4, 0.5) is 0 Å². The van der Waals surface area contributed by atoms with E-state index in [1.165, 1.54) is 5.56 Å². The highest BCUT2D eigenvalue weighted by Gasteiger charge is 2.13. The lowest BCUT2D eigenvalue weighted by atomic mass is 9.98. The predicted molar refractivity (Wildman–Crippen MR) is 66.2 cm³/mol. The molecule has 1 unspecified atom stereocenters. The quantitative estimate of drug-likeness (QED) is 0.851. The Kier molecular flexibility index (Phi) is 4.54. The highest BCUT2D eigenvalue weighted by Crippen LogP contribution is 2.21. The fourth-order valence-corrected chi connectivity index (χ4v) is 2.21. The van der Waals surface area contributed by atoms with Crippen LogP contribution < -0.4 is 5.73 Å². The van der Waals surface area contributed by atoms with Crippen LogP contribution in [0.2, 0.25) is 0 Å². The summed E-state index contributed by atoms with van der Waals surface area (Å²) < 4.78 is 0. The lowest BCUT2D eigenvalue weighted by Crippen LogP contribution is -2.14. The highest BCUT2D eigenvalue weighted by atomic mass is 32.2. The van der Waals surface area contributed by atoms with Crippen molar-refractivity contribution in [2.24, 2.45) is 5.73 Å². The molecule has 0 amide bonds. The van der Waals surface area contributed by atoms with Gasteiger partial charge in [-0.1, -0.05) is 6.92 Å². The average molecular weight is 225 g/mol. The van der Waals surface area contributed by atoms with Gasteiger partial charge in [-0.3, -0.25) is 0 Å². The molecule has 0 aliphatic carbocycles. The topological polar surface area (TPSA) is 51.8 Å². The fraction of sp³-hybridized carbons (Fsp3) is 0.636. The lowest BCUT2D eigenvalue weighted by molar-refractivity contribution is 0.736. The summed E-state index contributed by atoms with van der Waals surface area (Å²) in [5.74, 6) is 2.14. The van der Waals surface area contributed by atoms with Gasteiger partial charge in [0, 0.05) is 11.4 Å². The van der Waals surface area contributed by atoms with E-state index in [4.69, 9.17) is 5.73 Å². The van der Waals surface area contributed by atoms with Gasteiger partial charge in [0.05, 0.1) is 5.75 Å². The average Bonchev–Trinajstić information content (AvgIpc) is 2.16. The Labute approximate surface area is 95.9 Å². The number of nitrogens with two attached hydrogens (primary N) is 1. The van der Waals surface area contributed by atoms with Crippen LogP contribution in [0.15, 0.2) is 0 Å². The van der Waals surface area contributed by atoms with E-state index in [1.54, 1.807) is 11.8 Å². The molecule has 84 valence electrons. The molecule has 0 aliphatic heterocycles. The fourth-order valence-electron chi connectivity index (χ4n) is 1.82. The maximum atomic E-state index is 5.68. The molecule has 1 heterocycles. The molecule has 2 N–H and O–H groups in total. The van der Waals surface area contributed by atoms with Gasteiger partial charge < -0.3 is 5.73 Å². The van der Waals surface area contributed by atoms with Crippen LogP contribution in [0, 0.1) is 13.8 Å². The Morgan fingerprint density at radius 1 is 1.27 bits per heavy atom. The van der Waals surface area contributed by atoms with Gasteiger partial charge in [-0.15, -0.1) is 0 Å². The SMILES string of the molecule is CSCc1nc(C)c(C(C)CN)c(C)n1. The van der Waals surface area contributed by atoms with Gasteiger partial charge in [-0.2, -0.15) is 11.8 Å². The van der Waals surface area contributed by atoms with Crippen molar-refractivity contribution in [3.63, 3.8) is 0 Å². The van der Waals surface area contributed by atoms with Crippen molar-refractivity contribution in [2.45, 2.75) is 32.4 Å². The summed E-state index contributed by atoms with van der Waals surface area (Å²) in [5, 5.41) is 0.